The van der Waals surface area contributed by atoms with Gasteiger partial charge in [-0.2, -0.15) is 0 Å². The van der Waals surface area contributed by atoms with Crippen LogP contribution >= 0.6 is 0 Å². The summed E-state index contributed by atoms with van der Waals surface area (Å²) in [5.41, 5.74) is -0.463. The molecule has 1 aromatic rings. The number of hydrogen-bond donors (Lipinski definition) is 1. The Labute approximate surface area is 136 Å². The van der Waals surface area contributed by atoms with Crippen LogP contribution in [0.5, 0.6) is 5.75 Å². The lowest BCUT2D eigenvalue weighted by molar-refractivity contribution is -0.153. The third kappa shape index (κ3) is 7.25. The number of Topliss-reactive ketones (excluding diaryl/α,β-unsaturated/α-hetero) is 1. The van der Waals surface area contributed by atoms with E-state index < -0.39 is 39.7 Å². The molecule has 0 unspecified atom stereocenters. The topological polar surface area (TPSA) is 98.8 Å². The van der Waals surface area contributed by atoms with Crippen molar-refractivity contribution in [3.63, 3.8) is 0 Å². The minimum Gasteiger partial charge on any atom is -0.497 e. The summed E-state index contributed by atoms with van der Waals surface area (Å²) >= 11 is 0. The number of sulfonamides is 1. The number of methoxy groups -OCH3 is 1. The fraction of sp³-hybridized carbons (Fsp3) is 0.467. The van der Waals surface area contributed by atoms with Gasteiger partial charge in [0.25, 0.3) is 0 Å². The van der Waals surface area contributed by atoms with Gasteiger partial charge in [-0.3, -0.25) is 9.59 Å². The third-order valence-corrected chi connectivity index (χ3v) is 3.82. The summed E-state index contributed by atoms with van der Waals surface area (Å²) in [7, 11) is -2.44. The van der Waals surface area contributed by atoms with Gasteiger partial charge >= 0.3 is 5.97 Å². The van der Waals surface area contributed by atoms with E-state index in [9.17, 15) is 18.0 Å². The molecule has 0 fully saturated rings. The summed E-state index contributed by atoms with van der Waals surface area (Å²) in [5, 5.41) is 0. The molecule has 0 amide bonds. The maximum Gasteiger partial charge on any atom is 0.321 e. The normalized spacial score (nSPS) is 11.8. The number of nitrogens with one attached hydrogen (secondary N) is 1. The van der Waals surface area contributed by atoms with Gasteiger partial charge in [-0.25, -0.2) is 13.1 Å². The van der Waals surface area contributed by atoms with Gasteiger partial charge in [0.05, 0.1) is 7.11 Å². The van der Waals surface area contributed by atoms with Gasteiger partial charge in [-0.15, -0.1) is 0 Å². The van der Waals surface area contributed by atoms with Crippen molar-refractivity contribution in [1.29, 1.82) is 0 Å². The van der Waals surface area contributed by atoms with Gasteiger partial charge in [0.15, 0.2) is 5.78 Å². The average molecular weight is 343 g/mol. The van der Waals surface area contributed by atoms with Gasteiger partial charge in [-0.05, 0) is 45.0 Å². The highest BCUT2D eigenvalue weighted by Crippen LogP contribution is 2.12. The molecular formula is C15H21NO6S. The van der Waals surface area contributed by atoms with E-state index in [1.807, 2.05) is 0 Å². The Kier molecular flexibility index (Phi) is 6.28. The Morgan fingerprint density at radius 2 is 1.70 bits per heavy atom. The predicted octanol–water partition coefficient (Wildman–Crippen LogP) is 1.14. The van der Waals surface area contributed by atoms with Crippen LogP contribution < -0.4 is 9.46 Å². The number of benzene rings is 1. The number of ether oxygens (including phenoxy) is 2. The molecule has 0 radical (unpaired) electrons. The molecule has 1 rings (SSSR count). The second-order valence-corrected chi connectivity index (χ2v) is 7.63. The van der Waals surface area contributed by atoms with Crippen LogP contribution in [-0.4, -0.2) is 45.2 Å². The number of carbonyl (C=O) groups is 2. The summed E-state index contributed by atoms with van der Waals surface area (Å²) < 4.78 is 35.7. The highest BCUT2D eigenvalue weighted by molar-refractivity contribution is 7.90. The molecule has 1 N–H and O–H groups in total. The van der Waals surface area contributed by atoms with Gasteiger partial charge in [0.1, 0.15) is 23.6 Å². The first kappa shape index (κ1) is 19.1. The molecule has 0 aliphatic carbocycles. The fourth-order valence-corrected chi connectivity index (χ4v) is 2.58. The van der Waals surface area contributed by atoms with Crippen molar-refractivity contribution in [2.75, 3.05) is 19.4 Å². The van der Waals surface area contributed by atoms with Crippen molar-refractivity contribution in [3.05, 3.63) is 29.8 Å². The molecular weight excluding hydrogens is 322 g/mol. The molecule has 0 atom stereocenters. The lowest BCUT2D eigenvalue weighted by atomic mass is 10.1. The largest absolute Gasteiger partial charge is 0.497 e. The van der Waals surface area contributed by atoms with Crippen LogP contribution in [-0.2, 0) is 19.6 Å². The molecule has 0 aliphatic heterocycles. The molecule has 0 saturated heterocycles. The summed E-state index contributed by atoms with van der Waals surface area (Å²) in [6.07, 6.45) is 0. The van der Waals surface area contributed by atoms with Crippen molar-refractivity contribution >= 4 is 21.8 Å². The Morgan fingerprint density at radius 1 is 1.13 bits per heavy atom. The van der Waals surface area contributed by atoms with E-state index in [1.165, 1.54) is 19.2 Å². The summed E-state index contributed by atoms with van der Waals surface area (Å²) in [6, 6.07) is 6.08. The third-order valence-electron chi connectivity index (χ3n) is 2.59. The fourth-order valence-electron chi connectivity index (χ4n) is 1.63. The van der Waals surface area contributed by atoms with E-state index in [4.69, 9.17) is 9.47 Å². The lowest BCUT2D eigenvalue weighted by Crippen LogP contribution is -2.37. The second-order valence-electron chi connectivity index (χ2n) is 5.82. The van der Waals surface area contributed by atoms with Gasteiger partial charge in [-0.1, -0.05) is 0 Å². The first-order valence-corrected chi connectivity index (χ1v) is 8.54. The van der Waals surface area contributed by atoms with Gasteiger partial charge in [0, 0.05) is 5.56 Å². The van der Waals surface area contributed by atoms with E-state index in [-0.39, 0.29) is 5.56 Å². The molecule has 8 heteroatoms. The van der Waals surface area contributed by atoms with E-state index in [2.05, 4.69) is 4.72 Å². The van der Waals surface area contributed by atoms with Crippen LogP contribution in [0.4, 0.5) is 0 Å². The monoisotopic (exact) mass is 343 g/mol. The molecule has 0 aliphatic rings. The standard InChI is InChI=1S/C15H21NO6S/c1-15(2,3)22-14(18)9-16-23(19,20)10-13(17)11-5-7-12(21-4)8-6-11/h5-8,16H,9-10H2,1-4H3. The zero-order chi connectivity index (χ0) is 17.7. The van der Waals surface area contributed by atoms with Crippen LogP contribution in [0.3, 0.4) is 0 Å². The molecule has 0 spiro atoms. The maximum atomic E-state index is 12.0. The van der Waals surface area contributed by atoms with E-state index in [0.717, 1.165) is 0 Å². The van der Waals surface area contributed by atoms with Crippen LogP contribution in [0.2, 0.25) is 0 Å². The van der Waals surface area contributed by atoms with Crippen LogP contribution in [0.25, 0.3) is 0 Å². The maximum absolute atomic E-state index is 12.0. The van der Waals surface area contributed by atoms with Crippen molar-refractivity contribution in [1.82, 2.24) is 4.72 Å². The SMILES string of the molecule is COc1ccc(C(=O)CS(=O)(=O)NCC(=O)OC(C)(C)C)cc1. The van der Waals surface area contributed by atoms with Crippen molar-refractivity contribution in [2.45, 2.75) is 26.4 Å². The number of hydrogen-bond acceptors (Lipinski definition) is 6. The molecule has 0 heterocycles. The Balaban J connectivity index is 2.60. The Hall–Kier alpha value is -1.93. The molecule has 7 nitrogen and oxygen atoms in total. The number of rotatable bonds is 7. The molecule has 0 saturated carbocycles. The quantitative estimate of drug-likeness (QED) is 0.589. The van der Waals surface area contributed by atoms with Gasteiger partial charge < -0.3 is 9.47 Å². The highest BCUT2D eigenvalue weighted by Gasteiger charge is 2.21. The summed E-state index contributed by atoms with van der Waals surface area (Å²) in [6.45, 7) is 4.50. The predicted molar refractivity (Wildman–Crippen MR) is 85.0 cm³/mol. The number of ketones is 1. The molecule has 1 aromatic carbocycles. The minimum absolute atomic E-state index is 0.244. The smallest absolute Gasteiger partial charge is 0.321 e. The van der Waals surface area contributed by atoms with Crippen molar-refractivity contribution < 1.29 is 27.5 Å². The molecule has 128 valence electrons. The van der Waals surface area contributed by atoms with Crippen LogP contribution in [0, 0.1) is 0 Å². The molecule has 23 heavy (non-hydrogen) atoms. The van der Waals surface area contributed by atoms with E-state index in [1.54, 1.807) is 32.9 Å². The zero-order valence-electron chi connectivity index (χ0n) is 13.6. The van der Waals surface area contributed by atoms with Crippen LogP contribution in [0.15, 0.2) is 24.3 Å². The van der Waals surface area contributed by atoms with E-state index >= 15 is 0 Å². The Bertz CT molecular complexity index is 658. The van der Waals surface area contributed by atoms with Crippen LogP contribution in [0.1, 0.15) is 31.1 Å². The summed E-state index contributed by atoms with van der Waals surface area (Å²) in [5.74, 6) is -1.47. The van der Waals surface area contributed by atoms with E-state index in [0.29, 0.717) is 5.75 Å². The van der Waals surface area contributed by atoms with Crippen molar-refractivity contribution in [3.8, 4) is 5.75 Å². The first-order chi connectivity index (χ1) is 10.5. The lowest BCUT2D eigenvalue weighted by Gasteiger charge is -2.19. The highest BCUT2D eigenvalue weighted by atomic mass is 32.2. The number of esters is 1. The van der Waals surface area contributed by atoms with Gasteiger partial charge in [0.2, 0.25) is 10.0 Å². The molecule has 0 bridgehead atoms. The average Bonchev–Trinajstić information content (AvgIpc) is 2.43. The summed E-state index contributed by atoms with van der Waals surface area (Å²) in [4.78, 5) is 23.4. The Morgan fingerprint density at radius 3 is 2.17 bits per heavy atom. The second kappa shape index (κ2) is 7.56. The first-order valence-electron chi connectivity index (χ1n) is 6.89. The van der Waals surface area contributed by atoms with Crippen molar-refractivity contribution in [2.24, 2.45) is 0 Å². The number of carbonyl (C=O) groups excluding carboxylic acids is 2. The minimum atomic E-state index is -3.93. The zero-order valence-corrected chi connectivity index (χ0v) is 14.4. The molecule has 0 aromatic heterocycles.